The summed E-state index contributed by atoms with van der Waals surface area (Å²) in [6, 6.07) is 15.4. The molecule has 5 heteroatoms. The summed E-state index contributed by atoms with van der Waals surface area (Å²) in [6.45, 7) is 3.96. The van der Waals surface area contributed by atoms with Gasteiger partial charge in [-0.3, -0.25) is 4.79 Å². The maximum absolute atomic E-state index is 13.6. The van der Waals surface area contributed by atoms with Gasteiger partial charge in [0.25, 0.3) is 5.91 Å². The van der Waals surface area contributed by atoms with Gasteiger partial charge < -0.3 is 10.1 Å². The Hall–Kier alpha value is -2.69. The average molecular weight is 343 g/mol. The normalized spacial score (nSPS) is 12.9. The van der Waals surface area contributed by atoms with E-state index in [2.05, 4.69) is 5.32 Å². The summed E-state index contributed by atoms with van der Waals surface area (Å²) in [7, 11) is 0. The number of halogens is 1. The molecule has 25 heavy (non-hydrogen) atoms. The third-order valence-electron chi connectivity index (χ3n) is 4.03. The van der Waals surface area contributed by atoms with Crippen LogP contribution < -0.4 is 5.32 Å². The van der Waals surface area contributed by atoms with Crippen LogP contribution in [0.4, 0.5) is 4.39 Å². The Labute approximate surface area is 147 Å². The Balaban J connectivity index is 1.90. The van der Waals surface area contributed by atoms with Crippen LogP contribution >= 0.6 is 0 Å². The van der Waals surface area contributed by atoms with Crippen LogP contribution in [0, 0.1) is 5.82 Å². The van der Waals surface area contributed by atoms with Crippen molar-refractivity contribution in [2.45, 2.75) is 32.3 Å². The van der Waals surface area contributed by atoms with Crippen molar-refractivity contribution in [3.63, 3.8) is 0 Å². The Morgan fingerprint density at radius 1 is 1.08 bits per heavy atom. The van der Waals surface area contributed by atoms with E-state index in [0.717, 1.165) is 12.0 Å². The Bertz CT molecular complexity index is 718. The highest BCUT2D eigenvalue weighted by atomic mass is 19.1. The topological polar surface area (TPSA) is 55.4 Å². The lowest BCUT2D eigenvalue weighted by atomic mass is 9.96. The maximum Gasteiger partial charge on any atom is 0.341 e. The third-order valence-corrected chi connectivity index (χ3v) is 4.03. The lowest BCUT2D eigenvalue weighted by molar-refractivity contribution is -0.129. The van der Waals surface area contributed by atoms with E-state index in [1.54, 1.807) is 0 Å². The van der Waals surface area contributed by atoms with Crippen molar-refractivity contribution < 1.29 is 18.7 Å². The van der Waals surface area contributed by atoms with E-state index in [-0.39, 0.29) is 11.5 Å². The number of carbonyl (C=O) groups excluding carboxylic acids is 2. The molecule has 0 heterocycles. The highest BCUT2D eigenvalue weighted by Crippen LogP contribution is 2.18. The van der Waals surface area contributed by atoms with Crippen molar-refractivity contribution in [3.8, 4) is 0 Å². The van der Waals surface area contributed by atoms with Gasteiger partial charge in [-0.05, 0) is 31.0 Å². The molecule has 2 aromatic rings. The summed E-state index contributed by atoms with van der Waals surface area (Å²) in [5.74, 6) is -1.75. The Morgan fingerprint density at radius 2 is 1.72 bits per heavy atom. The number of benzene rings is 2. The lowest BCUT2D eigenvalue weighted by Crippen LogP contribution is -2.38. The second-order valence-corrected chi connectivity index (χ2v) is 5.79. The third kappa shape index (κ3) is 5.14. The largest absolute Gasteiger partial charge is 0.449 e. The van der Waals surface area contributed by atoms with Gasteiger partial charge in [0.1, 0.15) is 5.82 Å². The van der Waals surface area contributed by atoms with Crippen molar-refractivity contribution in [2.24, 2.45) is 0 Å². The summed E-state index contributed by atoms with van der Waals surface area (Å²) in [4.78, 5) is 24.1. The molecule has 0 saturated carbocycles. The van der Waals surface area contributed by atoms with Gasteiger partial charge in [0.2, 0.25) is 0 Å². The van der Waals surface area contributed by atoms with Gasteiger partial charge in [-0.1, -0.05) is 49.4 Å². The van der Waals surface area contributed by atoms with Crippen LogP contribution in [0.3, 0.4) is 0 Å². The maximum atomic E-state index is 13.6. The number of nitrogens with one attached hydrogen (secondary N) is 1. The first-order chi connectivity index (χ1) is 12.0. The van der Waals surface area contributed by atoms with E-state index in [1.165, 1.54) is 31.2 Å². The van der Waals surface area contributed by atoms with Crippen LogP contribution in [0.15, 0.2) is 54.6 Å². The van der Waals surface area contributed by atoms with Gasteiger partial charge in [-0.25, -0.2) is 9.18 Å². The number of amides is 1. The van der Waals surface area contributed by atoms with Crippen LogP contribution in [0.1, 0.15) is 42.1 Å². The molecule has 1 amide bonds. The monoisotopic (exact) mass is 343 g/mol. The number of carbonyl (C=O) groups is 2. The van der Waals surface area contributed by atoms with Gasteiger partial charge in [0.15, 0.2) is 6.10 Å². The summed E-state index contributed by atoms with van der Waals surface area (Å²) in [5.41, 5.74) is 0.958. The first kappa shape index (κ1) is 18.6. The second kappa shape index (κ2) is 8.97. The van der Waals surface area contributed by atoms with E-state index in [1.807, 2.05) is 37.3 Å². The van der Waals surface area contributed by atoms with Crippen molar-refractivity contribution in [1.29, 1.82) is 0 Å². The Kier molecular flexibility index (Phi) is 6.69. The van der Waals surface area contributed by atoms with Gasteiger partial charge in [0.05, 0.1) is 5.56 Å². The van der Waals surface area contributed by atoms with Crippen LogP contribution in [0.2, 0.25) is 0 Å². The molecule has 132 valence electrons. The van der Waals surface area contributed by atoms with E-state index in [4.69, 9.17) is 4.74 Å². The van der Waals surface area contributed by atoms with E-state index in [9.17, 15) is 14.0 Å². The fraction of sp³-hybridized carbons (Fsp3) is 0.300. The second-order valence-electron chi connectivity index (χ2n) is 5.79. The molecule has 0 unspecified atom stereocenters. The first-order valence-corrected chi connectivity index (χ1v) is 8.31. The van der Waals surface area contributed by atoms with Crippen molar-refractivity contribution >= 4 is 11.9 Å². The van der Waals surface area contributed by atoms with Crippen LogP contribution in [-0.4, -0.2) is 24.5 Å². The number of rotatable bonds is 7. The fourth-order valence-corrected chi connectivity index (χ4v) is 2.49. The minimum atomic E-state index is -1.000. The summed E-state index contributed by atoms with van der Waals surface area (Å²) in [5, 5.41) is 2.79. The molecule has 0 bridgehead atoms. The molecular formula is C20H22FNO3. The number of ether oxygens (including phenoxy) is 1. The summed E-state index contributed by atoms with van der Waals surface area (Å²) >= 11 is 0. The molecule has 0 radical (unpaired) electrons. The van der Waals surface area contributed by atoms with E-state index >= 15 is 0 Å². The molecule has 0 aliphatic rings. The number of hydrogen-bond donors (Lipinski definition) is 1. The quantitative estimate of drug-likeness (QED) is 0.780. The van der Waals surface area contributed by atoms with Gasteiger partial charge in [0, 0.05) is 12.5 Å². The summed E-state index contributed by atoms with van der Waals surface area (Å²) in [6.07, 6.45) is -0.131. The zero-order chi connectivity index (χ0) is 18.2. The first-order valence-electron chi connectivity index (χ1n) is 8.31. The predicted octanol–water partition coefficient (Wildman–Crippen LogP) is 3.68. The van der Waals surface area contributed by atoms with Crippen LogP contribution in [0.25, 0.3) is 0 Å². The van der Waals surface area contributed by atoms with Gasteiger partial charge in [-0.2, -0.15) is 0 Å². The van der Waals surface area contributed by atoms with Crippen molar-refractivity contribution in [1.82, 2.24) is 5.32 Å². The minimum Gasteiger partial charge on any atom is -0.449 e. The minimum absolute atomic E-state index is 0.180. The number of hydrogen-bond acceptors (Lipinski definition) is 3. The molecule has 4 nitrogen and oxygen atoms in total. The average Bonchev–Trinajstić information content (AvgIpc) is 2.63. The smallest absolute Gasteiger partial charge is 0.341 e. The van der Waals surface area contributed by atoms with Crippen LogP contribution in [0.5, 0.6) is 0 Å². The zero-order valence-electron chi connectivity index (χ0n) is 14.4. The molecule has 1 N–H and O–H groups in total. The Morgan fingerprint density at radius 3 is 2.36 bits per heavy atom. The molecule has 2 rings (SSSR count). The molecule has 0 fully saturated rings. The molecule has 0 spiro atoms. The summed E-state index contributed by atoms with van der Waals surface area (Å²) < 4.78 is 18.6. The standard InChI is InChI=1S/C20H22FNO3/c1-3-15(16-9-5-4-6-10-16)13-22-19(23)14(2)25-20(24)17-11-7-8-12-18(17)21/h4-12,14-15H,3,13H2,1-2H3,(H,22,23)/t14-,15+/m1/s1. The van der Waals surface area contributed by atoms with Crippen molar-refractivity contribution in [2.75, 3.05) is 6.54 Å². The van der Waals surface area contributed by atoms with E-state index < -0.39 is 23.8 Å². The number of esters is 1. The zero-order valence-corrected chi connectivity index (χ0v) is 14.4. The molecule has 0 saturated heterocycles. The molecule has 0 aliphatic carbocycles. The van der Waals surface area contributed by atoms with E-state index in [0.29, 0.717) is 6.54 Å². The van der Waals surface area contributed by atoms with Gasteiger partial charge in [-0.15, -0.1) is 0 Å². The highest BCUT2D eigenvalue weighted by molar-refractivity contribution is 5.92. The van der Waals surface area contributed by atoms with Gasteiger partial charge >= 0.3 is 5.97 Å². The fourth-order valence-electron chi connectivity index (χ4n) is 2.49. The lowest BCUT2D eigenvalue weighted by Gasteiger charge is -2.18. The molecule has 0 aromatic heterocycles. The highest BCUT2D eigenvalue weighted by Gasteiger charge is 2.21. The predicted molar refractivity (Wildman–Crippen MR) is 93.8 cm³/mol. The van der Waals surface area contributed by atoms with Crippen molar-refractivity contribution in [3.05, 3.63) is 71.5 Å². The molecule has 0 aliphatic heterocycles. The SMILES string of the molecule is CC[C@@H](CNC(=O)[C@@H](C)OC(=O)c1ccccc1F)c1ccccc1. The molecular weight excluding hydrogens is 321 g/mol. The molecule has 2 aromatic carbocycles. The molecule has 2 atom stereocenters. The van der Waals surface area contributed by atoms with Crippen LogP contribution in [-0.2, 0) is 9.53 Å².